The Morgan fingerprint density at radius 3 is 2.27 bits per heavy atom. The van der Waals surface area contributed by atoms with Gasteiger partial charge in [-0.2, -0.15) is 0 Å². The van der Waals surface area contributed by atoms with Gasteiger partial charge in [0.25, 0.3) is 17.7 Å². The zero-order valence-electron chi connectivity index (χ0n) is 46.1. The summed E-state index contributed by atoms with van der Waals surface area (Å²) < 4.78 is 24.7. The molecule has 4 aromatic carbocycles. The van der Waals surface area contributed by atoms with Gasteiger partial charge < -0.3 is 35.3 Å². The Kier molecular flexibility index (Phi) is 20.7. The van der Waals surface area contributed by atoms with Crippen LogP contribution in [0.3, 0.4) is 0 Å². The highest BCUT2D eigenvalue weighted by Crippen LogP contribution is 2.44. The number of hydrogen-bond acceptors (Lipinski definition) is 12. The monoisotopic (exact) mass is 1110 g/mol. The first-order chi connectivity index (χ1) is 39.2. The molecule has 18 nitrogen and oxygen atoms in total. The van der Waals surface area contributed by atoms with Crippen molar-refractivity contribution in [3.8, 4) is 28.1 Å². The van der Waals surface area contributed by atoms with Crippen LogP contribution in [0.2, 0.25) is 0 Å². The van der Waals surface area contributed by atoms with Gasteiger partial charge in [-0.3, -0.25) is 43.7 Å². The summed E-state index contributed by atoms with van der Waals surface area (Å²) in [6, 6.07) is 26.9. The first kappa shape index (κ1) is 59.1. The Bertz CT molecular complexity index is 3160. The van der Waals surface area contributed by atoms with E-state index in [1.165, 1.54) is 12.1 Å². The fourth-order valence-electron chi connectivity index (χ4n) is 10.8. The molecule has 6 aromatic rings. The third-order valence-electron chi connectivity index (χ3n) is 14.8. The molecule has 0 aliphatic carbocycles. The molecule has 19 heteroatoms. The van der Waals surface area contributed by atoms with Gasteiger partial charge in [-0.25, -0.2) is 4.39 Å². The third-order valence-corrected chi connectivity index (χ3v) is 14.8. The normalized spacial score (nSPS) is 15.0. The van der Waals surface area contributed by atoms with Gasteiger partial charge in [0.05, 0.1) is 53.3 Å². The van der Waals surface area contributed by atoms with E-state index < -0.39 is 60.1 Å². The standard InChI is InChI=1S/C62H73FN8O10/c1-40(2)57-56(60(78)65-44-19-11-9-12-20-44)54(58(41-25-27-43(63)28-26-41)70(57)34-31-46(72)37-47(73)38-53(75)76)42-18-16-22-48(36-42)81-35-15-8-3-5-10-21-45-39-69(68-67-45)33-14-7-4-6-13-32-64-50-24-17-23-49-55(50)62(80)71(61(49)79)51-29-30-52(74)66-59(51)77/h9,11-12,16-20,22-28,36,39-40,46-47,51,64,72-73H,3-8,10,13-15,21,29-35,37-38H2,1-2H3,(H,65,78)(H,75,76)(H,66,74,77). The molecule has 4 heterocycles. The quantitative estimate of drug-likeness (QED) is 0.0175. The molecule has 6 N–H and O–H groups in total. The number of aromatic nitrogens is 4. The first-order valence-corrected chi connectivity index (χ1v) is 28.3. The maximum atomic E-state index is 14.7. The SMILES string of the molecule is CC(C)c1c(C(=O)Nc2ccccc2)c(-c2cccc(OCCCCCCCc3cn(CCCCCCCNc4cccc5c4C(=O)N(C4CCC(=O)NC4=O)C5=O)nn3)c2)c(-c2ccc(F)cc2)n1CCC(O)CC(O)CC(=O)O. The van der Waals surface area contributed by atoms with E-state index in [4.69, 9.17) is 4.74 Å². The Balaban J connectivity index is 0.787. The van der Waals surface area contributed by atoms with Crippen molar-refractivity contribution >= 4 is 46.9 Å². The van der Waals surface area contributed by atoms with Crippen molar-refractivity contribution in [2.45, 2.75) is 154 Å². The minimum atomic E-state index is -1.23. The van der Waals surface area contributed by atoms with Crippen LogP contribution in [0.5, 0.6) is 5.75 Å². The number of aryl methyl sites for hydroxylation is 2. The van der Waals surface area contributed by atoms with Crippen LogP contribution in [0.15, 0.2) is 103 Å². The summed E-state index contributed by atoms with van der Waals surface area (Å²) in [5, 5.41) is 48.0. The number of aliphatic carboxylic acids is 1. The number of carbonyl (C=O) groups excluding carboxylic acids is 5. The number of fused-ring (bicyclic) bond motifs is 1. The number of carboxylic acids is 1. The van der Waals surface area contributed by atoms with E-state index in [0.29, 0.717) is 63.9 Å². The molecule has 5 amide bonds. The molecular weight excluding hydrogens is 1040 g/mol. The number of aliphatic hydroxyl groups is 2. The summed E-state index contributed by atoms with van der Waals surface area (Å²) in [6.45, 7) is 6.07. The first-order valence-electron chi connectivity index (χ1n) is 28.3. The van der Waals surface area contributed by atoms with Gasteiger partial charge in [0.2, 0.25) is 11.8 Å². The molecule has 0 radical (unpaired) electrons. The number of ether oxygens (including phenoxy) is 1. The number of rotatable bonds is 31. The van der Waals surface area contributed by atoms with Crippen LogP contribution in [-0.2, 0) is 33.9 Å². The van der Waals surface area contributed by atoms with Crippen LogP contribution < -0.4 is 20.7 Å². The van der Waals surface area contributed by atoms with E-state index in [2.05, 4.69) is 26.3 Å². The second-order valence-corrected chi connectivity index (χ2v) is 21.3. The number of unbranched alkanes of at least 4 members (excludes halogenated alkanes) is 8. The average molecular weight is 1110 g/mol. The number of hydrogen-bond donors (Lipinski definition) is 6. The number of piperidine rings is 1. The van der Waals surface area contributed by atoms with Crippen LogP contribution in [0.4, 0.5) is 15.8 Å². The van der Waals surface area contributed by atoms with E-state index in [0.717, 1.165) is 87.8 Å². The number of carbonyl (C=O) groups is 6. The zero-order chi connectivity index (χ0) is 57.4. The van der Waals surface area contributed by atoms with Gasteiger partial charge in [-0.15, -0.1) is 5.10 Å². The highest BCUT2D eigenvalue weighted by molar-refractivity contribution is 6.25. The summed E-state index contributed by atoms with van der Waals surface area (Å²) in [4.78, 5) is 77.5. The number of halogens is 1. The van der Waals surface area contributed by atoms with E-state index in [1.54, 1.807) is 42.5 Å². The van der Waals surface area contributed by atoms with Gasteiger partial charge >= 0.3 is 5.97 Å². The summed E-state index contributed by atoms with van der Waals surface area (Å²) in [6.07, 6.45) is 10.0. The van der Waals surface area contributed by atoms with Crippen LogP contribution in [0.1, 0.15) is 159 Å². The minimum absolute atomic E-state index is 0.0702. The van der Waals surface area contributed by atoms with Crippen molar-refractivity contribution in [1.82, 2.24) is 29.8 Å². The van der Waals surface area contributed by atoms with E-state index >= 15 is 0 Å². The summed E-state index contributed by atoms with van der Waals surface area (Å²) in [5.74, 6) is -3.59. The Morgan fingerprint density at radius 2 is 1.52 bits per heavy atom. The molecule has 428 valence electrons. The molecule has 2 aliphatic heterocycles. The number of nitrogens with one attached hydrogen (secondary N) is 3. The number of anilines is 2. The smallest absolute Gasteiger partial charge is 0.305 e. The third kappa shape index (κ3) is 15.5. The molecule has 1 fully saturated rings. The Morgan fingerprint density at radius 1 is 0.790 bits per heavy atom. The Hall–Kier alpha value is -8.03. The molecule has 81 heavy (non-hydrogen) atoms. The van der Waals surface area contributed by atoms with E-state index in [1.807, 2.05) is 71.8 Å². The molecule has 2 aromatic heterocycles. The van der Waals surface area contributed by atoms with Crippen molar-refractivity contribution in [3.05, 3.63) is 137 Å². The highest BCUT2D eigenvalue weighted by Gasteiger charge is 2.45. The second-order valence-electron chi connectivity index (χ2n) is 21.3. The summed E-state index contributed by atoms with van der Waals surface area (Å²) in [5.41, 5.74) is 6.39. The number of carboxylic acid groups (broad SMARTS) is 1. The number of amides is 5. The van der Waals surface area contributed by atoms with Gasteiger partial charge in [0.15, 0.2) is 0 Å². The predicted molar refractivity (Wildman–Crippen MR) is 304 cm³/mol. The number of imide groups is 2. The lowest BCUT2D eigenvalue weighted by atomic mass is 9.94. The molecule has 1 saturated heterocycles. The molecule has 3 atom stereocenters. The number of benzene rings is 4. The second kappa shape index (κ2) is 28.4. The molecule has 0 bridgehead atoms. The van der Waals surface area contributed by atoms with Crippen LogP contribution in [-0.4, -0.2) is 107 Å². The molecular formula is C62H73FN8O10. The van der Waals surface area contributed by atoms with Gasteiger partial charge in [0, 0.05) is 54.9 Å². The van der Waals surface area contributed by atoms with Crippen molar-refractivity contribution < 1.29 is 53.2 Å². The van der Waals surface area contributed by atoms with E-state index in [9.17, 15) is 48.5 Å². The lowest BCUT2D eigenvalue weighted by Gasteiger charge is -2.27. The van der Waals surface area contributed by atoms with Crippen molar-refractivity contribution in [2.24, 2.45) is 0 Å². The number of aliphatic hydroxyl groups excluding tert-OH is 2. The van der Waals surface area contributed by atoms with E-state index in [-0.39, 0.29) is 55.2 Å². The minimum Gasteiger partial charge on any atom is -0.494 e. The summed E-state index contributed by atoms with van der Waals surface area (Å²) >= 11 is 0. The van der Waals surface area contributed by atoms with Gasteiger partial charge in [-0.05, 0) is 129 Å². The predicted octanol–water partition coefficient (Wildman–Crippen LogP) is 9.94. The number of para-hydroxylation sites is 1. The molecule has 8 rings (SSSR count). The highest BCUT2D eigenvalue weighted by atomic mass is 19.1. The molecule has 2 aliphatic rings. The van der Waals surface area contributed by atoms with Gasteiger partial charge in [-0.1, -0.05) is 94.0 Å². The van der Waals surface area contributed by atoms with Crippen molar-refractivity contribution in [2.75, 3.05) is 23.8 Å². The topological polar surface area (TPSA) is 247 Å². The number of nitrogens with zero attached hydrogens (tertiary/aromatic N) is 5. The van der Waals surface area contributed by atoms with Crippen molar-refractivity contribution in [1.29, 1.82) is 0 Å². The maximum Gasteiger partial charge on any atom is 0.305 e. The fraction of sp³-hybridized carbons (Fsp3) is 0.419. The Labute approximate surface area is 471 Å². The molecule has 0 saturated carbocycles. The van der Waals surface area contributed by atoms with Crippen molar-refractivity contribution in [3.63, 3.8) is 0 Å². The zero-order valence-corrected chi connectivity index (χ0v) is 46.1. The molecule has 0 spiro atoms. The van der Waals surface area contributed by atoms with Gasteiger partial charge in [0.1, 0.15) is 17.6 Å². The van der Waals surface area contributed by atoms with Crippen LogP contribution in [0, 0.1) is 5.82 Å². The maximum absolute atomic E-state index is 14.7. The fourth-order valence-corrected chi connectivity index (χ4v) is 10.8. The van der Waals surface area contributed by atoms with Crippen LogP contribution >= 0.6 is 0 Å². The van der Waals surface area contributed by atoms with Crippen LogP contribution in [0.25, 0.3) is 22.4 Å². The lowest BCUT2D eigenvalue weighted by Crippen LogP contribution is -2.54. The lowest BCUT2D eigenvalue weighted by molar-refractivity contribution is -0.140. The molecule has 3 unspecified atom stereocenters. The summed E-state index contributed by atoms with van der Waals surface area (Å²) in [7, 11) is 0. The average Bonchev–Trinajstić information content (AvgIpc) is 3.91. The largest absolute Gasteiger partial charge is 0.494 e.